The fraction of sp³-hybridized carbons (Fsp3) is 0.182. The van der Waals surface area contributed by atoms with Crippen LogP contribution in [0.4, 0.5) is 17.3 Å². The fourth-order valence-corrected chi connectivity index (χ4v) is 0.742. The standard InChI is InChI=1S/C8H10O.3CO.BF4.Mn/c1-7-4-3-5-8(6-7)9-2;3*1-2;2-1(3,4)5;/h3-6H,1-2H3;;;;;/q;;;;-1;. The van der Waals surface area contributed by atoms with Crippen molar-refractivity contribution < 1.29 is 53.0 Å². The van der Waals surface area contributed by atoms with E-state index in [0.717, 1.165) is 6.10 Å². The summed E-state index contributed by atoms with van der Waals surface area (Å²) in [4.78, 5) is 0. The molecule has 0 unspecified atom stereocenters. The van der Waals surface area contributed by atoms with E-state index in [4.69, 9.17) is 18.7 Å². The Hall–Kier alpha value is -0.516. The molecule has 0 aromatic carbocycles. The third kappa shape index (κ3) is 45.2. The van der Waals surface area contributed by atoms with Crippen LogP contribution < -0.4 is 0 Å². The molecule has 0 atom stereocenters. The first-order valence-electron chi connectivity index (χ1n) is 4.42. The number of methoxy groups -OCH3 is 1. The van der Waals surface area contributed by atoms with E-state index in [1.54, 1.807) is 7.11 Å². The summed E-state index contributed by atoms with van der Waals surface area (Å²) in [7, 11) is -4.32. The van der Waals surface area contributed by atoms with Gasteiger partial charge in [0.15, 0.2) is 0 Å². The Morgan fingerprint density at radius 3 is 1.48 bits per heavy atom. The zero-order chi connectivity index (χ0) is 17.2. The first-order valence-corrected chi connectivity index (χ1v) is 4.42. The van der Waals surface area contributed by atoms with Gasteiger partial charge in [-0.1, -0.05) is 6.92 Å². The minimum absolute atomic E-state index is 0. The van der Waals surface area contributed by atoms with Gasteiger partial charge in [-0.25, -0.2) is 0 Å². The van der Waals surface area contributed by atoms with Crippen molar-refractivity contribution in [3.63, 3.8) is 0 Å². The van der Waals surface area contributed by atoms with Gasteiger partial charge in [0.2, 0.25) is 0 Å². The Labute approximate surface area is 132 Å². The second-order valence-corrected chi connectivity index (χ2v) is 2.52. The quantitative estimate of drug-likeness (QED) is 0.311. The molecule has 0 aromatic rings. The van der Waals surface area contributed by atoms with E-state index in [9.17, 15) is 17.3 Å². The number of halogens is 4. The number of ether oxygens (including phenoxy) is 1. The average molecular weight is 348 g/mol. The zero-order valence-corrected chi connectivity index (χ0v) is 12.1. The molecule has 1 aliphatic rings. The summed E-state index contributed by atoms with van der Waals surface area (Å²) in [6.45, 7) is 15.5. The van der Waals surface area contributed by atoms with Crippen LogP contribution in [-0.2, 0) is 35.8 Å². The molecule has 0 spiro atoms. The van der Waals surface area contributed by atoms with E-state index in [1.807, 2.05) is 32.6 Å². The molecule has 0 bridgehead atoms. The van der Waals surface area contributed by atoms with Gasteiger partial charge in [0.25, 0.3) is 0 Å². The summed E-state index contributed by atoms with van der Waals surface area (Å²) < 4.78 is 66.5. The third-order valence-electron chi connectivity index (χ3n) is 1.23. The number of rotatable bonds is 1. The normalized spacial score (nSPS) is 13.7. The Bertz CT molecular complexity index is 239. The Balaban J connectivity index is -0.0000000618. The summed E-state index contributed by atoms with van der Waals surface area (Å²) in [6, 6.07) is 0. The van der Waals surface area contributed by atoms with Crippen LogP contribution in [0.5, 0.6) is 0 Å². The zero-order valence-electron chi connectivity index (χ0n) is 10.9. The van der Waals surface area contributed by atoms with Crippen molar-refractivity contribution in [2.24, 2.45) is 0 Å². The second-order valence-electron chi connectivity index (χ2n) is 2.52. The molecule has 4 nitrogen and oxygen atoms in total. The van der Waals surface area contributed by atoms with Crippen molar-refractivity contribution in [1.29, 1.82) is 0 Å². The van der Waals surface area contributed by atoms with Crippen LogP contribution in [0.2, 0.25) is 0 Å². The first kappa shape index (κ1) is 32.4. The molecule has 0 amide bonds. The Morgan fingerprint density at radius 1 is 0.952 bits per heavy atom. The van der Waals surface area contributed by atoms with Gasteiger partial charge >= 0.3 is 41.2 Å². The van der Waals surface area contributed by atoms with Crippen LogP contribution >= 0.6 is 0 Å². The van der Waals surface area contributed by atoms with E-state index in [-0.39, 0.29) is 17.1 Å². The fourth-order valence-electron chi connectivity index (χ4n) is 0.742. The maximum Gasteiger partial charge on any atom is 0 e. The largest absolute Gasteiger partial charge is 0 e. The van der Waals surface area contributed by atoms with Crippen molar-refractivity contribution in [3.8, 4) is 0 Å². The third-order valence-corrected chi connectivity index (χ3v) is 1.23. The van der Waals surface area contributed by atoms with Crippen LogP contribution in [0.3, 0.4) is 0 Å². The van der Waals surface area contributed by atoms with Crippen LogP contribution in [0.25, 0.3) is 0 Å². The molecule has 7 radical (unpaired) electrons. The minimum atomic E-state index is -6.00. The van der Waals surface area contributed by atoms with E-state index >= 15 is 0 Å². The predicted molar refractivity (Wildman–Crippen MR) is 58.3 cm³/mol. The van der Waals surface area contributed by atoms with Crippen molar-refractivity contribution in [1.82, 2.24) is 0 Å². The van der Waals surface area contributed by atoms with Gasteiger partial charge in [0.05, 0.1) is 0 Å². The van der Waals surface area contributed by atoms with Gasteiger partial charge < -0.3 is 22.0 Å². The van der Waals surface area contributed by atoms with Gasteiger partial charge in [-0.2, -0.15) is 0 Å². The molecule has 10 heteroatoms. The molecule has 0 aliphatic heterocycles. The molecule has 1 rings (SSSR count). The minimum Gasteiger partial charge on any atom is 0 e. The summed E-state index contributed by atoms with van der Waals surface area (Å²) in [5.41, 5.74) is 0. The van der Waals surface area contributed by atoms with E-state index in [2.05, 4.69) is 20.0 Å². The molecule has 0 heterocycles. The monoisotopic (exact) mass is 348 g/mol. The van der Waals surface area contributed by atoms with Crippen LogP contribution in [0.15, 0.2) is 0 Å². The molecule has 117 valence electrons. The van der Waals surface area contributed by atoms with Crippen LogP contribution in [0, 0.1) is 57.7 Å². The van der Waals surface area contributed by atoms with Crippen LogP contribution in [-0.4, -0.2) is 14.4 Å². The van der Waals surface area contributed by atoms with Gasteiger partial charge in [-0.05, 0) is 18.8 Å². The molecule has 0 saturated heterocycles. The summed E-state index contributed by atoms with van der Waals surface area (Å²) in [5, 5.41) is 0. The molecule has 1 fully saturated rings. The van der Waals surface area contributed by atoms with Gasteiger partial charge in [-0.3, -0.25) is 0 Å². The second kappa shape index (κ2) is 24.5. The molecule has 0 N–H and O–H groups in total. The van der Waals surface area contributed by atoms with Gasteiger partial charge in [0, 0.05) is 37.0 Å². The molecule has 21 heavy (non-hydrogen) atoms. The summed E-state index contributed by atoms with van der Waals surface area (Å²) >= 11 is 0. The van der Waals surface area contributed by atoms with Gasteiger partial charge in [0.1, 0.15) is 6.10 Å². The molecule has 0 aromatic heterocycles. The molecular weight excluding hydrogens is 338 g/mol. The maximum absolute atomic E-state index is 9.75. The molecular formula is C11H10BF4MnO4-. The Morgan fingerprint density at radius 2 is 1.29 bits per heavy atom. The van der Waals surface area contributed by atoms with Crippen molar-refractivity contribution in [3.05, 3.63) is 57.7 Å². The summed E-state index contributed by atoms with van der Waals surface area (Å²) in [5.74, 6) is 1.23. The topological polar surface area (TPSA) is 68.9 Å². The van der Waals surface area contributed by atoms with Crippen molar-refractivity contribution in [2.45, 2.75) is 6.92 Å². The van der Waals surface area contributed by atoms with E-state index in [0.29, 0.717) is 0 Å². The van der Waals surface area contributed by atoms with Crippen molar-refractivity contribution >= 4 is 7.25 Å². The number of hydrogen-bond donors (Lipinski definition) is 0. The summed E-state index contributed by atoms with van der Waals surface area (Å²) in [6.07, 6.45) is 8.89. The van der Waals surface area contributed by atoms with Crippen LogP contribution in [0.1, 0.15) is 6.92 Å². The predicted octanol–water partition coefficient (Wildman–Crippen LogP) is 2.77. The van der Waals surface area contributed by atoms with Crippen molar-refractivity contribution in [2.75, 3.05) is 7.11 Å². The molecule has 1 saturated carbocycles. The number of hydrogen-bond acceptors (Lipinski definition) is 1. The maximum atomic E-state index is 9.75. The van der Waals surface area contributed by atoms with E-state index in [1.165, 1.54) is 5.92 Å². The SMILES string of the molecule is CO[C]1[CH][CH][CH][C](C)[CH]1.F[B-](F)(F)F.[C-]#[O+].[C-]#[O+].[C-]#[O+].[Mn]. The smallest absolute Gasteiger partial charge is 0 e. The van der Waals surface area contributed by atoms with E-state index < -0.39 is 7.25 Å². The first-order chi connectivity index (χ1) is 9.33. The molecule has 1 aliphatic carbocycles. The van der Waals surface area contributed by atoms with Gasteiger partial charge in [-0.15, -0.1) is 0 Å². The Kier molecular flexibility index (Phi) is 37.8. The average Bonchev–Trinajstić information content (AvgIpc) is 2.43.